The van der Waals surface area contributed by atoms with E-state index >= 15 is 0 Å². The van der Waals surface area contributed by atoms with Crippen LogP contribution in [0.2, 0.25) is 0 Å². The lowest BCUT2D eigenvalue weighted by Crippen LogP contribution is -1.93. The molecule has 0 aliphatic rings. The lowest BCUT2D eigenvalue weighted by Gasteiger charge is -1.96. The third-order valence-electron chi connectivity index (χ3n) is 3.27. The van der Waals surface area contributed by atoms with Gasteiger partial charge in [-0.15, -0.1) is 5.10 Å². The number of nitrogens with zero attached hydrogens (tertiary/aromatic N) is 5. The van der Waals surface area contributed by atoms with Crippen molar-refractivity contribution >= 4 is 0 Å². The summed E-state index contributed by atoms with van der Waals surface area (Å²) in [5, 5.41) is 11.9. The predicted octanol–water partition coefficient (Wildman–Crippen LogP) is 3.12. The minimum Gasteiger partial charge on any atom is -0.333 e. The molecule has 112 valence electrons. The van der Waals surface area contributed by atoms with Gasteiger partial charge >= 0.3 is 0 Å². The van der Waals surface area contributed by atoms with Crippen molar-refractivity contribution in [3.63, 3.8) is 0 Å². The van der Waals surface area contributed by atoms with E-state index in [1.807, 2.05) is 30.3 Å². The van der Waals surface area contributed by atoms with Gasteiger partial charge < -0.3 is 4.52 Å². The van der Waals surface area contributed by atoms with Crippen LogP contribution in [0.4, 0.5) is 4.39 Å². The number of aromatic nitrogens is 5. The first-order valence-corrected chi connectivity index (χ1v) is 6.88. The van der Waals surface area contributed by atoms with E-state index in [0.29, 0.717) is 5.69 Å². The average Bonchev–Trinajstić information content (AvgIpc) is 3.25. The van der Waals surface area contributed by atoms with E-state index in [-0.39, 0.29) is 17.3 Å². The highest BCUT2D eigenvalue weighted by Crippen LogP contribution is 2.23. The van der Waals surface area contributed by atoms with Crippen LogP contribution in [0.25, 0.3) is 28.7 Å². The molecule has 0 radical (unpaired) electrons. The molecule has 2 heterocycles. The Morgan fingerprint density at radius 3 is 2.57 bits per heavy atom. The van der Waals surface area contributed by atoms with E-state index in [4.69, 9.17) is 4.52 Å². The molecule has 4 rings (SSSR count). The minimum atomic E-state index is -0.421. The van der Waals surface area contributed by atoms with Crippen molar-refractivity contribution in [3.8, 4) is 28.7 Å². The maximum absolute atomic E-state index is 13.8. The second kappa shape index (κ2) is 5.45. The molecule has 0 saturated heterocycles. The molecule has 0 spiro atoms. The normalized spacial score (nSPS) is 10.8. The number of halogens is 1. The fourth-order valence-corrected chi connectivity index (χ4v) is 2.14. The summed E-state index contributed by atoms with van der Waals surface area (Å²) in [6.45, 7) is 0. The van der Waals surface area contributed by atoms with Crippen LogP contribution in [-0.4, -0.2) is 25.1 Å². The van der Waals surface area contributed by atoms with Crippen molar-refractivity contribution in [1.82, 2.24) is 25.1 Å². The highest BCUT2D eigenvalue weighted by atomic mass is 19.1. The molecule has 0 saturated carbocycles. The first-order chi connectivity index (χ1) is 11.3. The zero-order valence-electron chi connectivity index (χ0n) is 11.8. The number of benzene rings is 2. The summed E-state index contributed by atoms with van der Waals surface area (Å²) in [5.74, 6) is -0.0616. The lowest BCUT2D eigenvalue weighted by atomic mass is 10.2. The maximum Gasteiger partial charge on any atom is 0.261 e. The van der Waals surface area contributed by atoms with Gasteiger partial charge in [0.2, 0.25) is 5.82 Å². The molecule has 2 aromatic carbocycles. The highest BCUT2D eigenvalue weighted by molar-refractivity contribution is 5.57. The molecule has 7 heteroatoms. The Hall–Kier alpha value is -3.35. The van der Waals surface area contributed by atoms with E-state index in [9.17, 15) is 4.39 Å². The molecule has 0 fully saturated rings. The highest BCUT2D eigenvalue weighted by Gasteiger charge is 2.16. The molecule has 2 aromatic heterocycles. The third kappa shape index (κ3) is 2.48. The summed E-state index contributed by atoms with van der Waals surface area (Å²) < 4.78 is 20.5. The maximum atomic E-state index is 13.8. The van der Waals surface area contributed by atoms with Gasteiger partial charge in [0.15, 0.2) is 5.69 Å². The number of para-hydroxylation sites is 1. The molecular formula is C16H10FN5O. The van der Waals surface area contributed by atoms with Gasteiger partial charge in [-0.05, 0) is 24.3 Å². The molecule has 0 amide bonds. The van der Waals surface area contributed by atoms with Crippen LogP contribution in [-0.2, 0) is 0 Å². The standard InChI is InChI=1S/C16H10FN5O/c17-13-9-5-4-8-12(13)16-18-15(20-23-16)14-10-22(21-19-14)11-6-2-1-3-7-11/h1-10H. The van der Waals surface area contributed by atoms with Crippen LogP contribution >= 0.6 is 0 Å². The Labute approximate surface area is 130 Å². The van der Waals surface area contributed by atoms with Gasteiger partial charge in [0.25, 0.3) is 5.89 Å². The van der Waals surface area contributed by atoms with Crippen molar-refractivity contribution in [2.45, 2.75) is 0 Å². The smallest absolute Gasteiger partial charge is 0.261 e. The molecule has 0 bridgehead atoms. The second-order valence-electron chi connectivity index (χ2n) is 4.79. The summed E-state index contributed by atoms with van der Waals surface area (Å²) in [7, 11) is 0. The predicted molar refractivity (Wildman–Crippen MR) is 80.0 cm³/mol. The van der Waals surface area contributed by atoms with Crippen molar-refractivity contribution in [2.75, 3.05) is 0 Å². The molecule has 6 nitrogen and oxygen atoms in total. The molecule has 4 aromatic rings. The molecule has 23 heavy (non-hydrogen) atoms. The zero-order chi connectivity index (χ0) is 15.6. The molecule has 0 atom stereocenters. The number of hydrogen-bond donors (Lipinski definition) is 0. The Balaban J connectivity index is 1.68. The minimum absolute atomic E-state index is 0.104. The molecule has 0 aliphatic carbocycles. The summed E-state index contributed by atoms with van der Waals surface area (Å²) in [5.41, 5.74) is 1.56. The Morgan fingerprint density at radius 2 is 1.74 bits per heavy atom. The topological polar surface area (TPSA) is 69.6 Å². The number of rotatable bonds is 3. The van der Waals surface area contributed by atoms with Crippen LogP contribution in [0, 0.1) is 5.82 Å². The Bertz CT molecular complexity index is 948. The third-order valence-corrected chi connectivity index (χ3v) is 3.27. The number of hydrogen-bond acceptors (Lipinski definition) is 5. The van der Waals surface area contributed by atoms with Gasteiger partial charge in [0, 0.05) is 0 Å². The molecule has 0 unspecified atom stereocenters. The van der Waals surface area contributed by atoms with E-state index in [2.05, 4.69) is 20.5 Å². The summed E-state index contributed by atoms with van der Waals surface area (Å²) in [6, 6.07) is 15.7. The van der Waals surface area contributed by atoms with Gasteiger partial charge in [0.05, 0.1) is 17.4 Å². The average molecular weight is 307 g/mol. The first-order valence-electron chi connectivity index (χ1n) is 6.88. The van der Waals surface area contributed by atoms with Gasteiger partial charge in [-0.25, -0.2) is 9.07 Å². The van der Waals surface area contributed by atoms with E-state index in [1.54, 1.807) is 29.1 Å². The second-order valence-corrected chi connectivity index (χ2v) is 4.79. The van der Waals surface area contributed by atoms with Crippen LogP contribution in [0.3, 0.4) is 0 Å². The molecule has 0 aliphatic heterocycles. The molecular weight excluding hydrogens is 297 g/mol. The van der Waals surface area contributed by atoms with Gasteiger partial charge in [-0.1, -0.05) is 40.7 Å². The largest absolute Gasteiger partial charge is 0.333 e. The Morgan fingerprint density at radius 1 is 0.957 bits per heavy atom. The van der Waals surface area contributed by atoms with Crippen LogP contribution in [0.15, 0.2) is 65.3 Å². The summed E-state index contributed by atoms with van der Waals surface area (Å²) in [4.78, 5) is 4.18. The summed E-state index contributed by atoms with van der Waals surface area (Å²) in [6.07, 6.45) is 1.69. The van der Waals surface area contributed by atoms with Gasteiger partial charge in [-0.2, -0.15) is 4.98 Å². The van der Waals surface area contributed by atoms with Crippen LogP contribution in [0.5, 0.6) is 0 Å². The van der Waals surface area contributed by atoms with Gasteiger partial charge in [-0.3, -0.25) is 0 Å². The van der Waals surface area contributed by atoms with Crippen molar-refractivity contribution in [3.05, 3.63) is 66.6 Å². The quantitative estimate of drug-likeness (QED) is 0.581. The molecule has 0 N–H and O–H groups in total. The zero-order valence-corrected chi connectivity index (χ0v) is 11.8. The fraction of sp³-hybridized carbons (Fsp3) is 0. The lowest BCUT2D eigenvalue weighted by molar-refractivity contribution is 0.429. The monoisotopic (exact) mass is 307 g/mol. The van der Waals surface area contributed by atoms with Crippen molar-refractivity contribution in [1.29, 1.82) is 0 Å². The van der Waals surface area contributed by atoms with Crippen molar-refractivity contribution < 1.29 is 8.91 Å². The van der Waals surface area contributed by atoms with Crippen LogP contribution < -0.4 is 0 Å². The van der Waals surface area contributed by atoms with Crippen molar-refractivity contribution in [2.24, 2.45) is 0 Å². The Kier molecular flexibility index (Phi) is 3.16. The van der Waals surface area contributed by atoms with E-state index in [1.165, 1.54) is 6.07 Å². The summed E-state index contributed by atoms with van der Waals surface area (Å²) >= 11 is 0. The SMILES string of the molecule is Fc1ccccc1-c1nc(-c2cn(-c3ccccc3)nn2)no1. The fourth-order valence-electron chi connectivity index (χ4n) is 2.14. The van der Waals surface area contributed by atoms with E-state index in [0.717, 1.165) is 5.69 Å². The van der Waals surface area contributed by atoms with E-state index < -0.39 is 5.82 Å². The van der Waals surface area contributed by atoms with Gasteiger partial charge in [0.1, 0.15) is 5.82 Å². The first kappa shape index (κ1) is 13.3. The van der Waals surface area contributed by atoms with Crippen LogP contribution in [0.1, 0.15) is 0 Å².